The van der Waals surface area contributed by atoms with Gasteiger partial charge < -0.3 is 15.7 Å². The maximum atomic E-state index is 12.0. The van der Waals surface area contributed by atoms with Crippen molar-refractivity contribution in [1.29, 1.82) is 0 Å². The van der Waals surface area contributed by atoms with E-state index < -0.39 is 0 Å². The van der Waals surface area contributed by atoms with Crippen molar-refractivity contribution >= 4 is 11.7 Å². The predicted molar refractivity (Wildman–Crippen MR) is 80.9 cm³/mol. The van der Waals surface area contributed by atoms with E-state index in [-0.39, 0.29) is 24.6 Å². The Morgan fingerprint density at radius 1 is 1.25 bits per heavy atom. The molecule has 4 nitrogen and oxygen atoms in total. The first kappa shape index (κ1) is 14.6. The minimum Gasteiger partial charge on any atom is -0.396 e. The first-order chi connectivity index (χ1) is 9.49. The summed E-state index contributed by atoms with van der Waals surface area (Å²) in [6, 6.07) is 3.91. The number of aliphatic hydroxyl groups is 1. The van der Waals surface area contributed by atoms with Crippen LogP contribution in [0.2, 0.25) is 0 Å². The Morgan fingerprint density at radius 2 is 1.90 bits per heavy atom. The maximum Gasteiger partial charge on any atom is 0.319 e. The molecule has 0 spiro atoms. The molecule has 2 atom stereocenters. The van der Waals surface area contributed by atoms with Crippen LogP contribution in [0, 0.1) is 26.7 Å². The fourth-order valence-electron chi connectivity index (χ4n) is 2.71. The van der Waals surface area contributed by atoms with Crippen molar-refractivity contribution in [2.75, 3.05) is 11.9 Å². The minimum absolute atomic E-state index is 0.00166. The number of benzene rings is 1. The molecule has 0 unspecified atom stereocenters. The van der Waals surface area contributed by atoms with Gasteiger partial charge in [-0.3, -0.25) is 0 Å². The molecule has 0 fully saturated rings. The van der Waals surface area contributed by atoms with Gasteiger partial charge in [-0.25, -0.2) is 4.79 Å². The van der Waals surface area contributed by atoms with Gasteiger partial charge in [0.2, 0.25) is 0 Å². The molecule has 2 amide bonds. The molecule has 1 aliphatic carbocycles. The van der Waals surface area contributed by atoms with Gasteiger partial charge in [0, 0.05) is 24.3 Å². The van der Waals surface area contributed by atoms with Crippen LogP contribution in [0.25, 0.3) is 0 Å². The first-order valence-corrected chi connectivity index (χ1v) is 6.94. The highest BCUT2D eigenvalue weighted by atomic mass is 16.3. The molecule has 0 saturated carbocycles. The highest BCUT2D eigenvalue weighted by Crippen LogP contribution is 2.22. The lowest BCUT2D eigenvalue weighted by atomic mass is 10.1. The summed E-state index contributed by atoms with van der Waals surface area (Å²) < 4.78 is 0. The molecule has 1 aliphatic rings. The first-order valence-electron chi connectivity index (χ1n) is 6.94. The Hall–Kier alpha value is -1.81. The summed E-state index contributed by atoms with van der Waals surface area (Å²) >= 11 is 0. The highest BCUT2D eigenvalue weighted by molar-refractivity contribution is 5.91. The number of carbonyl (C=O) groups is 1. The van der Waals surface area contributed by atoms with Crippen LogP contribution >= 0.6 is 0 Å². The van der Waals surface area contributed by atoms with Crippen LogP contribution in [-0.2, 0) is 0 Å². The van der Waals surface area contributed by atoms with E-state index >= 15 is 0 Å². The summed E-state index contributed by atoms with van der Waals surface area (Å²) in [6.07, 6.45) is 4.65. The summed E-state index contributed by atoms with van der Waals surface area (Å²) in [5.74, 6) is 0.156. The fourth-order valence-corrected chi connectivity index (χ4v) is 2.71. The number of hydrogen-bond acceptors (Lipinski definition) is 2. The predicted octanol–water partition coefficient (Wildman–Crippen LogP) is 2.67. The van der Waals surface area contributed by atoms with Crippen LogP contribution in [0.4, 0.5) is 10.5 Å². The molecule has 1 aromatic rings. The number of amides is 2. The van der Waals surface area contributed by atoms with E-state index in [1.54, 1.807) is 0 Å². The number of carbonyl (C=O) groups excluding carboxylic acids is 1. The van der Waals surface area contributed by atoms with Gasteiger partial charge in [0.25, 0.3) is 0 Å². The Balaban J connectivity index is 1.97. The monoisotopic (exact) mass is 274 g/mol. The average molecular weight is 274 g/mol. The molecule has 0 radical (unpaired) electrons. The fraction of sp³-hybridized carbons (Fsp3) is 0.438. The largest absolute Gasteiger partial charge is 0.396 e. The Morgan fingerprint density at radius 3 is 2.45 bits per heavy atom. The lowest BCUT2D eigenvalue weighted by Crippen LogP contribution is -2.36. The third-order valence-corrected chi connectivity index (χ3v) is 3.64. The Labute approximate surface area is 119 Å². The number of nitrogens with one attached hydrogen (secondary N) is 2. The SMILES string of the molecule is Cc1cc(C)c(NC(=O)N[C@@H]2C=C[C@H](CO)C2)c(C)c1. The van der Waals surface area contributed by atoms with Gasteiger partial charge in [0.05, 0.1) is 0 Å². The molecule has 0 bridgehead atoms. The van der Waals surface area contributed by atoms with E-state index in [1.165, 1.54) is 5.56 Å². The van der Waals surface area contributed by atoms with Crippen molar-refractivity contribution < 1.29 is 9.90 Å². The zero-order chi connectivity index (χ0) is 14.7. The van der Waals surface area contributed by atoms with Crippen LogP contribution in [0.15, 0.2) is 24.3 Å². The number of rotatable bonds is 3. The normalized spacial score (nSPS) is 21.0. The minimum atomic E-state index is -0.201. The highest BCUT2D eigenvalue weighted by Gasteiger charge is 2.20. The molecule has 1 aromatic carbocycles. The molecule has 20 heavy (non-hydrogen) atoms. The second kappa shape index (κ2) is 6.09. The molecular formula is C16H22N2O2. The molecule has 108 valence electrons. The van der Waals surface area contributed by atoms with E-state index in [0.29, 0.717) is 0 Å². The van der Waals surface area contributed by atoms with Gasteiger partial charge in [-0.05, 0) is 38.3 Å². The zero-order valence-corrected chi connectivity index (χ0v) is 12.2. The molecular weight excluding hydrogens is 252 g/mol. The Kier molecular flexibility index (Phi) is 4.45. The summed E-state index contributed by atoms with van der Waals surface area (Å²) in [5.41, 5.74) is 4.19. The zero-order valence-electron chi connectivity index (χ0n) is 12.2. The smallest absolute Gasteiger partial charge is 0.319 e. The summed E-state index contributed by atoms with van der Waals surface area (Å²) in [6.45, 7) is 6.16. The topological polar surface area (TPSA) is 61.4 Å². The van der Waals surface area contributed by atoms with Gasteiger partial charge in [-0.1, -0.05) is 29.8 Å². The third kappa shape index (κ3) is 3.39. The Bertz CT molecular complexity index is 514. The summed E-state index contributed by atoms with van der Waals surface area (Å²) in [5, 5.41) is 14.9. The molecule has 0 aromatic heterocycles. The molecule has 3 N–H and O–H groups in total. The quantitative estimate of drug-likeness (QED) is 0.742. The van der Waals surface area contributed by atoms with Crippen molar-refractivity contribution in [2.24, 2.45) is 5.92 Å². The van der Waals surface area contributed by atoms with E-state index in [2.05, 4.69) is 22.8 Å². The van der Waals surface area contributed by atoms with Gasteiger partial charge in [0.1, 0.15) is 0 Å². The van der Waals surface area contributed by atoms with Crippen molar-refractivity contribution in [3.63, 3.8) is 0 Å². The van der Waals surface area contributed by atoms with Gasteiger partial charge >= 0.3 is 6.03 Å². The van der Waals surface area contributed by atoms with E-state index in [9.17, 15) is 4.79 Å². The van der Waals surface area contributed by atoms with Crippen molar-refractivity contribution in [3.05, 3.63) is 41.0 Å². The second-order valence-corrected chi connectivity index (χ2v) is 5.54. The van der Waals surface area contributed by atoms with Crippen LogP contribution in [-0.4, -0.2) is 23.8 Å². The number of urea groups is 1. The second-order valence-electron chi connectivity index (χ2n) is 5.54. The molecule has 0 saturated heterocycles. The molecule has 0 heterocycles. The van der Waals surface area contributed by atoms with Crippen LogP contribution in [0.1, 0.15) is 23.1 Å². The molecule has 4 heteroatoms. The molecule has 0 aliphatic heterocycles. The van der Waals surface area contributed by atoms with Crippen molar-refractivity contribution in [2.45, 2.75) is 33.2 Å². The number of aryl methyl sites for hydroxylation is 3. The number of anilines is 1. The van der Waals surface area contributed by atoms with E-state index in [0.717, 1.165) is 23.2 Å². The standard InChI is InChI=1S/C16H22N2O2/c1-10-6-11(2)15(12(3)7-10)18-16(20)17-14-5-4-13(8-14)9-19/h4-7,13-14,19H,8-9H2,1-3H3,(H2,17,18,20)/t13-,14+/m0/s1. The van der Waals surface area contributed by atoms with Crippen LogP contribution in [0.5, 0.6) is 0 Å². The van der Waals surface area contributed by atoms with Crippen LogP contribution < -0.4 is 10.6 Å². The molecule has 2 rings (SSSR count). The van der Waals surface area contributed by atoms with Crippen molar-refractivity contribution in [3.8, 4) is 0 Å². The average Bonchev–Trinajstić information content (AvgIpc) is 2.81. The van der Waals surface area contributed by atoms with E-state index in [1.807, 2.05) is 32.9 Å². The number of hydrogen-bond donors (Lipinski definition) is 3. The lowest BCUT2D eigenvalue weighted by molar-refractivity contribution is 0.238. The number of aliphatic hydroxyl groups excluding tert-OH is 1. The van der Waals surface area contributed by atoms with Gasteiger partial charge in [0.15, 0.2) is 0 Å². The third-order valence-electron chi connectivity index (χ3n) is 3.64. The van der Waals surface area contributed by atoms with Crippen LogP contribution in [0.3, 0.4) is 0 Å². The van der Waals surface area contributed by atoms with Gasteiger partial charge in [-0.15, -0.1) is 0 Å². The van der Waals surface area contributed by atoms with E-state index in [4.69, 9.17) is 5.11 Å². The van der Waals surface area contributed by atoms with Gasteiger partial charge in [-0.2, -0.15) is 0 Å². The summed E-state index contributed by atoms with van der Waals surface area (Å²) in [7, 11) is 0. The maximum absolute atomic E-state index is 12.0. The summed E-state index contributed by atoms with van der Waals surface area (Å²) in [4.78, 5) is 12.0. The van der Waals surface area contributed by atoms with Crippen molar-refractivity contribution in [1.82, 2.24) is 5.32 Å². The lowest BCUT2D eigenvalue weighted by Gasteiger charge is -2.16.